The van der Waals surface area contributed by atoms with Crippen LogP contribution in [0.25, 0.3) is 0 Å². The zero-order chi connectivity index (χ0) is 16.6. The average molecular weight is 317 g/mol. The van der Waals surface area contributed by atoms with Crippen LogP contribution in [0.15, 0.2) is 59.9 Å². The molecule has 1 aliphatic rings. The Kier molecular flexibility index (Phi) is 3.80. The summed E-state index contributed by atoms with van der Waals surface area (Å²) in [6, 6.07) is 11.0. The van der Waals surface area contributed by atoms with Crippen LogP contribution in [-0.2, 0) is 6.18 Å². The fraction of sp³-hybridized carbons (Fsp3) is 0.222. The second kappa shape index (κ2) is 5.65. The van der Waals surface area contributed by atoms with Crippen molar-refractivity contribution in [1.29, 1.82) is 0 Å². The lowest BCUT2D eigenvalue weighted by molar-refractivity contribution is -0.536. The van der Waals surface area contributed by atoms with Crippen LogP contribution < -0.4 is 0 Å². The number of hydrogen-bond donors (Lipinski definition) is 0. The molecule has 2 aromatic rings. The van der Waals surface area contributed by atoms with E-state index in [0.717, 1.165) is 28.8 Å². The topological polar surface area (TPSA) is 15.4 Å². The van der Waals surface area contributed by atoms with Crippen LogP contribution in [0, 0.1) is 13.8 Å². The van der Waals surface area contributed by atoms with Gasteiger partial charge in [0.1, 0.15) is 0 Å². The molecule has 0 spiro atoms. The number of benzene rings is 2. The highest BCUT2D eigenvalue weighted by atomic mass is 19.4. The lowest BCUT2D eigenvalue weighted by atomic mass is 9.96. The van der Waals surface area contributed by atoms with Crippen molar-refractivity contribution in [1.82, 2.24) is 0 Å². The van der Waals surface area contributed by atoms with Crippen molar-refractivity contribution in [2.24, 2.45) is 5.11 Å². The summed E-state index contributed by atoms with van der Waals surface area (Å²) in [5.74, 6) is 0. The molecule has 1 unspecified atom stereocenters. The molecule has 0 fully saturated rings. The first-order valence-corrected chi connectivity index (χ1v) is 7.28. The van der Waals surface area contributed by atoms with E-state index in [2.05, 4.69) is 5.11 Å². The Morgan fingerprint density at radius 1 is 1.00 bits per heavy atom. The van der Waals surface area contributed by atoms with Crippen molar-refractivity contribution >= 4 is 5.69 Å². The molecule has 5 heteroatoms. The number of hydrogen-bond acceptors (Lipinski definition) is 1. The van der Waals surface area contributed by atoms with Gasteiger partial charge in [-0.15, -0.1) is 0 Å². The van der Waals surface area contributed by atoms with Gasteiger partial charge < -0.3 is 0 Å². The first kappa shape index (κ1) is 15.5. The van der Waals surface area contributed by atoms with E-state index in [1.54, 1.807) is 17.0 Å². The maximum atomic E-state index is 12.9. The smallest absolute Gasteiger partial charge is 0.166 e. The Hall–Kier alpha value is -2.43. The fourth-order valence-electron chi connectivity index (χ4n) is 2.91. The van der Waals surface area contributed by atoms with Gasteiger partial charge in [0.25, 0.3) is 0 Å². The van der Waals surface area contributed by atoms with Gasteiger partial charge in [0, 0.05) is 23.8 Å². The van der Waals surface area contributed by atoms with E-state index in [1.807, 2.05) is 38.1 Å². The largest absolute Gasteiger partial charge is 0.416 e. The van der Waals surface area contributed by atoms with Crippen LogP contribution in [0.1, 0.15) is 28.3 Å². The fourth-order valence-corrected chi connectivity index (χ4v) is 2.91. The summed E-state index contributed by atoms with van der Waals surface area (Å²) < 4.78 is 40.4. The highest BCUT2D eigenvalue weighted by molar-refractivity contribution is 5.40. The molecule has 118 valence electrons. The van der Waals surface area contributed by atoms with Crippen LogP contribution >= 0.6 is 0 Å². The van der Waals surface area contributed by atoms with Crippen LogP contribution in [0.2, 0.25) is 0 Å². The Morgan fingerprint density at radius 2 is 1.65 bits per heavy atom. The predicted molar refractivity (Wildman–Crippen MR) is 81.6 cm³/mol. The average Bonchev–Trinajstić information content (AvgIpc) is 2.95. The number of azo groups is 2. The summed E-state index contributed by atoms with van der Waals surface area (Å²) in [6.45, 7) is 4.00. The summed E-state index contributed by atoms with van der Waals surface area (Å²) in [6.07, 6.45) is -0.830. The van der Waals surface area contributed by atoms with Crippen LogP contribution in [-0.4, -0.2) is 4.70 Å². The highest BCUT2D eigenvalue weighted by Crippen LogP contribution is 2.36. The number of aryl methyl sites for hydroxylation is 2. The molecule has 1 atom stereocenters. The van der Waals surface area contributed by atoms with Gasteiger partial charge in [-0.1, -0.05) is 29.0 Å². The van der Waals surface area contributed by atoms with E-state index in [9.17, 15) is 13.2 Å². The van der Waals surface area contributed by atoms with Gasteiger partial charge in [-0.05, 0) is 36.2 Å². The van der Waals surface area contributed by atoms with E-state index in [1.165, 1.54) is 6.07 Å². The molecule has 0 saturated heterocycles. The summed E-state index contributed by atoms with van der Waals surface area (Å²) in [7, 11) is 0. The van der Waals surface area contributed by atoms with Crippen LogP contribution in [0.4, 0.5) is 18.9 Å². The minimum Gasteiger partial charge on any atom is -0.166 e. The third kappa shape index (κ3) is 2.91. The lowest BCUT2D eigenvalue weighted by Gasteiger charge is -2.13. The third-order valence-electron chi connectivity index (χ3n) is 4.00. The summed E-state index contributed by atoms with van der Waals surface area (Å²) >= 11 is 0. The zero-order valence-corrected chi connectivity index (χ0v) is 12.8. The zero-order valence-electron chi connectivity index (χ0n) is 12.8. The molecule has 0 amide bonds. The van der Waals surface area contributed by atoms with Crippen molar-refractivity contribution in [2.75, 3.05) is 0 Å². The Labute approximate surface area is 132 Å². The van der Waals surface area contributed by atoms with Gasteiger partial charge in [0.05, 0.1) is 11.8 Å². The normalized spacial score (nSPS) is 17.4. The van der Waals surface area contributed by atoms with Crippen LogP contribution in [0.5, 0.6) is 0 Å². The number of rotatable bonds is 2. The molecule has 0 aliphatic carbocycles. The Bertz CT molecular complexity index is 784. The Balaban J connectivity index is 2.05. The molecule has 2 nitrogen and oxygen atoms in total. The van der Waals surface area contributed by atoms with Gasteiger partial charge in [-0.3, -0.25) is 0 Å². The standard InChI is InChI=1S/C18H16F3N2/c1-12-5-3-6-13(2)17(12)16-9-10-22-23(16)15-8-4-7-14(11-15)18(19,20)21/h3-11,16H,1-2H3/q+1. The van der Waals surface area contributed by atoms with Crippen molar-refractivity contribution in [3.63, 3.8) is 0 Å². The summed E-state index contributed by atoms with van der Waals surface area (Å²) in [5.41, 5.74) is 3.01. The molecule has 2 aromatic carbocycles. The molecule has 1 aliphatic heterocycles. The minimum atomic E-state index is -4.36. The predicted octanol–water partition coefficient (Wildman–Crippen LogP) is 5.69. The van der Waals surface area contributed by atoms with Crippen molar-refractivity contribution < 1.29 is 17.9 Å². The monoisotopic (exact) mass is 317 g/mol. The maximum Gasteiger partial charge on any atom is 0.416 e. The van der Waals surface area contributed by atoms with E-state index in [-0.39, 0.29) is 6.04 Å². The molecule has 0 N–H and O–H groups in total. The van der Waals surface area contributed by atoms with E-state index in [0.29, 0.717) is 5.69 Å². The quantitative estimate of drug-likeness (QED) is 0.633. The second-order valence-corrected chi connectivity index (χ2v) is 5.60. The van der Waals surface area contributed by atoms with E-state index >= 15 is 0 Å². The van der Waals surface area contributed by atoms with E-state index in [4.69, 9.17) is 0 Å². The molecular weight excluding hydrogens is 301 g/mol. The van der Waals surface area contributed by atoms with Crippen molar-refractivity contribution in [3.8, 4) is 0 Å². The van der Waals surface area contributed by atoms with E-state index < -0.39 is 11.7 Å². The summed E-state index contributed by atoms with van der Waals surface area (Å²) in [4.78, 5) is 0. The molecule has 3 rings (SSSR count). The first-order valence-electron chi connectivity index (χ1n) is 7.28. The number of nitrogens with zero attached hydrogens (tertiary/aromatic N) is 2. The van der Waals surface area contributed by atoms with Gasteiger partial charge >= 0.3 is 6.18 Å². The van der Waals surface area contributed by atoms with Crippen molar-refractivity contribution in [2.45, 2.75) is 26.1 Å². The maximum absolute atomic E-state index is 12.9. The molecule has 0 bridgehead atoms. The molecule has 0 aromatic heterocycles. The highest BCUT2D eigenvalue weighted by Gasteiger charge is 2.35. The molecule has 1 heterocycles. The Morgan fingerprint density at radius 3 is 2.30 bits per heavy atom. The molecular formula is C18H16F3N2+. The SMILES string of the molecule is Cc1cccc(C)c1C1C=CN=[N+]1c1cccc(C(F)(F)F)c1. The number of halogens is 3. The van der Waals surface area contributed by atoms with Crippen LogP contribution in [0.3, 0.4) is 0 Å². The minimum absolute atomic E-state index is 0.195. The van der Waals surface area contributed by atoms with Gasteiger partial charge in [-0.2, -0.15) is 13.2 Å². The number of alkyl halides is 3. The van der Waals surface area contributed by atoms with Crippen molar-refractivity contribution in [3.05, 3.63) is 77.0 Å². The first-order chi connectivity index (χ1) is 10.9. The molecule has 23 heavy (non-hydrogen) atoms. The van der Waals surface area contributed by atoms with Gasteiger partial charge in [-0.25, -0.2) is 0 Å². The molecule has 0 radical (unpaired) electrons. The molecule has 0 saturated carbocycles. The second-order valence-electron chi connectivity index (χ2n) is 5.60. The van der Waals surface area contributed by atoms with Gasteiger partial charge in [0.15, 0.2) is 0 Å². The van der Waals surface area contributed by atoms with Gasteiger partial charge in [0.2, 0.25) is 11.7 Å². The summed E-state index contributed by atoms with van der Waals surface area (Å²) in [5, 5.41) is 4.25. The lowest BCUT2D eigenvalue weighted by Crippen LogP contribution is -2.12. The third-order valence-corrected chi connectivity index (χ3v) is 4.00.